The van der Waals surface area contributed by atoms with E-state index in [0.717, 1.165) is 25.9 Å². The maximum atomic E-state index is 6.19. The predicted octanol–water partition coefficient (Wildman–Crippen LogP) is 4.40. The van der Waals surface area contributed by atoms with E-state index in [1.165, 1.54) is 43.4 Å². The smallest absolute Gasteiger partial charge is 0.138 e. The van der Waals surface area contributed by atoms with Crippen LogP contribution in [-0.4, -0.2) is 16.0 Å². The van der Waals surface area contributed by atoms with Crippen molar-refractivity contribution >= 4 is 39.0 Å². The van der Waals surface area contributed by atoms with Crippen LogP contribution in [0.15, 0.2) is 6.33 Å². The summed E-state index contributed by atoms with van der Waals surface area (Å²) in [4.78, 5) is 9.68. The number of fused-ring (bicyclic) bond motifs is 1. The van der Waals surface area contributed by atoms with Crippen molar-refractivity contribution in [2.45, 2.75) is 45.1 Å². The van der Waals surface area contributed by atoms with Gasteiger partial charge in [0.2, 0.25) is 0 Å². The van der Waals surface area contributed by atoms with Crippen LogP contribution in [0.2, 0.25) is 4.34 Å². The van der Waals surface area contributed by atoms with E-state index in [2.05, 4.69) is 15.3 Å². The SMILES string of the molecule is Cc1c(Cl)sc2ncnc(NC3CCCCC3)c12. The Bertz CT molecular complexity index is 561. The van der Waals surface area contributed by atoms with E-state index in [1.807, 2.05) is 6.92 Å². The van der Waals surface area contributed by atoms with Crippen LogP contribution < -0.4 is 5.32 Å². The number of aromatic nitrogens is 2. The van der Waals surface area contributed by atoms with Crippen LogP contribution in [-0.2, 0) is 0 Å². The Balaban J connectivity index is 1.95. The van der Waals surface area contributed by atoms with Gasteiger partial charge in [-0.1, -0.05) is 30.9 Å². The Hall–Kier alpha value is -0.870. The fraction of sp³-hybridized carbons (Fsp3) is 0.538. The first-order chi connectivity index (χ1) is 8.75. The first-order valence-corrected chi connectivity index (χ1v) is 7.61. The van der Waals surface area contributed by atoms with Crippen molar-refractivity contribution in [3.05, 3.63) is 16.2 Å². The molecule has 0 aromatic carbocycles. The third-order valence-corrected chi connectivity index (χ3v) is 5.12. The molecule has 1 aliphatic rings. The molecular weight excluding hydrogens is 266 g/mol. The minimum Gasteiger partial charge on any atom is -0.367 e. The van der Waals surface area contributed by atoms with E-state index in [1.54, 1.807) is 6.33 Å². The molecule has 1 aliphatic carbocycles. The van der Waals surface area contributed by atoms with Crippen molar-refractivity contribution in [3.63, 3.8) is 0 Å². The third-order valence-electron chi connectivity index (χ3n) is 3.61. The lowest BCUT2D eigenvalue weighted by molar-refractivity contribution is 0.462. The molecule has 0 saturated heterocycles. The fourth-order valence-electron chi connectivity index (χ4n) is 2.59. The van der Waals surface area contributed by atoms with Crippen molar-refractivity contribution in [1.82, 2.24) is 9.97 Å². The molecule has 2 aromatic rings. The van der Waals surface area contributed by atoms with Crippen LogP contribution in [0.25, 0.3) is 10.2 Å². The molecule has 0 aliphatic heterocycles. The van der Waals surface area contributed by atoms with Crippen molar-refractivity contribution in [2.75, 3.05) is 5.32 Å². The van der Waals surface area contributed by atoms with E-state index >= 15 is 0 Å². The molecular formula is C13H16ClN3S. The zero-order valence-electron chi connectivity index (χ0n) is 10.4. The van der Waals surface area contributed by atoms with Crippen LogP contribution in [0.3, 0.4) is 0 Å². The lowest BCUT2D eigenvalue weighted by atomic mass is 9.95. The Morgan fingerprint density at radius 2 is 2.06 bits per heavy atom. The summed E-state index contributed by atoms with van der Waals surface area (Å²) in [6.07, 6.45) is 8.09. The molecule has 96 valence electrons. The number of aryl methyl sites for hydroxylation is 1. The molecule has 3 nitrogen and oxygen atoms in total. The summed E-state index contributed by atoms with van der Waals surface area (Å²) in [5.74, 6) is 0.951. The number of nitrogens with zero attached hydrogens (tertiary/aromatic N) is 2. The Morgan fingerprint density at radius 1 is 1.28 bits per heavy atom. The zero-order chi connectivity index (χ0) is 12.5. The highest BCUT2D eigenvalue weighted by Crippen LogP contribution is 2.37. The van der Waals surface area contributed by atoms with E-state index in [-0.39, 0.29) is 0 Å². The second kappa shape index (κ2) is 5.02. The maximum Gasteiger partial charge on any atom is 0.138 e. The molecule has 0 bridgehead atoms. The van der Waals surface area contributed by atoms with Gasteiger partial charge in [-0.25, -0.2) is 9.97 Å². The van der Waals surface area contributed by atoms with Gasteiger partial charge in [0.05, 0.1) is 9.72 Å². The lowest BCUT2D eigenvalue weighted by Crippen LogP contribution is -2.23. The van der Waals surface area contributed by atoms with E-state index in [0.29, 0.717) is 6.04 Å². The first kappa shape index (κ1) is 12.2. The summed E-state index contributed by atoms with van der Waals surface area (Å²) in [5.41, 5.74) is 1.09. The second-order valence-corrected chi connectivity index (χ2v) is 6.48. The maximum absolute atomic E-state index is 6.19. The molecule has 2 heterocycles. The number of nitrogens with one attached hydrogen (secondary N) is 1. The molecule has 1 fully saturated rings. The minimum absolute atomic E-state index is 0.551. The normalized spacial score (nSPS) is 17.2. The van der Waals surface area contributed by atoms with Gasteiger partial charge < -0.3 is 5.32 Å². The molecule has 5 heteroatoms. The average Bonchev–Trinajstić information content (AvgIpc) is 2.67. The van der Waals surface area contributed by atoms with Gasteiger partial charge in [-0.05, 0) is 25.3 Å². The van der Waals surface area contributed by atoms with Crippen LogP contribution in [0.1, 0.15) is 37.7 Å². The first-order valence-electron chi connectivity index (χ1n) is 6.42. The summed E-state index contributed by atoms with van der Waals surface area (Å²) >= 11 is 7.72. The van der Waals surface area contributed by atoms with E-state index in [4.69, 9.17) is 11.6 Å². The standard InChI is InChI=1S/C13H16ClN3S/c1-8-10-12(17-9-5-3-2-4-6-9)15-7-16-13(10)18-11(8)14/h7,9H,2-6H2,1H3,(H,15,16,17). The van der Waals surface area contributed by atoms with Crippen molar-refractivity contribution < 1.29 is 0 Å². The summed E-state index contributed by atoms with van der Waals surface area (Å²) < 4.78 is 0.817. The lowest BCUT2D eigenvalue weighted by Gasteiger charge is -2.23. The van der Waals surface area contributed by atoms with E-state index < -0.39 is 0 Å². The number of thiophene rings is 1. The van der Waals surface area contributed by atoms with Gasteiger partial charge in [0.25, 0.3) is 0 Å². The Morgan fingerprint density at radius 3 is 2.83 bits per heavy atom. The number of anilines is 1. The summed E-state index contributed by atoms with van der Waals surface area (Å²) in [6.45, 7) is 2.04. The van der Waals surface area contributed by atoms with Gasteiger partial charge in [-0.3, -0.25) is 0 Å². The molecule has 3 rings (SSSR count). The van der Waals surface area contributed by atoms with Crippen molar-refractivity contribution in [2.24, 2.45) is 0 Å². The molecule has 0 unspecified atom stereocenters. The van der Waals surface area contributed by atoms with Gasteiger partial charge >= 0.3 is 0 Å². The predicted molar refractivity (Wildman–Crippen MR) is 77.7 cm³/mol. The van der Waals surface area contributed by atoms with Gasteiger partial charge in [-0.2, -0.15) is 0 Å². The number of rotatable bonds is 2. The third kappa shape index (κ3) is 2.19. The van der Waals surface area contributed by atoms with Gasteiger partial charge in [0, 0.05) is 6.04 Å². The average molecular weight is 282 g/mol. The zero-order valence-corrected chi connectivity index (χ0v) is 11.9. The van der Waals surface area contributed by atoms with Crippen LogP contribution in [0.5, 0.6) is 0 Å². The molecule has 0 atom stereocenters. The van der Waals surface area contributed by atoms with Crippen LogP contribution in [0, 0.1) is 6.92 Å². The monoisotopic (exact) mass is 281 g/mol. The van der Waals surface area contributed by atoms with Gasteiger partial charge in [-0.15, -0.1) is 11.3 Å². The minimum atomic E-state index is 0.551. The molecule has 18 heavy (non-hydrogen) atoms. The topological polar surface area (TPSA) is 37.8 Å². The Labute approximate surface area is 116 Å². The molecule has 2 aromatic heterocycles. The largest absolute Gasteiger partial charge is 0.367 e. The quantitative estimate of drug-likeness (QED) is 0.887. The number of hydrogen-bond donors (Lipinski definition) is 1. The number of halogens is 1. The second-order valence-electron chi connectivity index (χ2n) is 4.88. The Kier molecular flexibility index (Phi) is 3.39. The molecule has 1 saturated carbocycles. The fourth-order valence-corrected chi connectivity index (χ4v) is 3.78. The van der Waals surface area contributed by atoms with Crippen molar-refractivity contribution in [3.8, 4) is 0 Å². The molecule has 0 radical (unpaired) electrons. The summed E-state index contributed by atoms with van der Waals surface area (Å²) in [6, 6.07) is 0.551. The van der Waals surface area contributed by atoms with E-state index in [9.17, 15) is 0 Å². The highest BCUT2D eigenvalue weighted by molar-refractivity contribution is 7.22. The molecule has 0 spiro atoms. The highest BCUT2D eigenvalue weighted by Gasteiger charge is 2.17. The van der Waals surface area contributed by atoms with Gasteiger partial charge in [0.15, 0.2) is 0 Å². The van der Waals surface area contributed by atoms with Crippen LogP contribution >= 0.6 is 22.9 Å². The summed E-state index contributed by atoms with van der Waals surface area (Å²) in [5, 5.41) is 4.67. The van der Waals surface area contributed by atoms with Gasteiger partial charge in [0.1, 0.15) is 17.0 Å². The molecule has 1 N–H and O–H groups in total. The number of hydrogen-bond acceptors (Lipinski definition) is 4. The highest BCUT2D eigenvalue weighted by atomic mass is 35.5. The molecule has 0 amide bonds. The summed E-state index contributed by atoms with van der Waals surface area (Å²) in [7, 11) is 0. The van der Waals surface area contributed by atoms with Crippen LogP contribution in [0.4, 0.5) is 5.82 Å². The van der Waals surface area contributed by atoms with Crippen molar-refractivity contribution in [1.29, 1.82) is 0 Å².